The first-order valence-electron chi connectivity index (χ1n) is 10.1. The van der Waals surface area contributed by atoms with Crippen LogP contribution in [0.1, 0.15) is 31.7 Å². The number of hydrogen-bond acceptors (Lipinski definition) is 6. The number of aromatic nitrogens is 1. The first kappa shape index (κ1) is 23.2. The lowest BCUT2D eigenvalue weighted by atomic mass is 10.2. The van der Waals surface area contributed by atoms with Crippen molar-refractivity contribution in [2.75, 3.05) is 13.1 Å². The second-order valence-electron chi connectivity index (χ2n) is 7.21. The van der Waals surface area contributed by atoms with Gasteiger partial charge in [0.25, 0.3) is 0 Å². The van der Waals surface area contributed by atoms with E-state index in [0.29, 0.717) is 24.7 Å². The molecule has 166 valence electrons. The van der Waals surface area contributed by atoms with Crippen molar-refractivity contribution in [2.45, 2.75) is 47.9 Å². The van der Waals surface area contributed by atoms with E-state index >= 15 is 0 Å². The SMILES string of the molecule is CC(Sc1ccc(S(=O)(=O)N2CCCCC2)cn1)C(=O)NC(=O)NCc1ccccc1. The molecule has 0 bridgehead atoms. The van der Waals surface area contributed by atoms with Gasteiger partial charge < -0.3 is 5.32 Å². The molecular weight excluding hydrogens is 436 g/mol. The van der Waals surface area contributed by atoms with Gasteiger partial charge in [-0.05, 0) is 37.5 Å². The maximum atomic E-state index is 12.7. The Morgan fingerprint density at radius 1 is 1.10 bits per heavy atom. The summed E-state index contributed by atoms with van der Waals surface area (Å²) in [7, 11) is -3.54. The highest BCUT2D eigenvalue weighted by molar-refractivity contribution is 8.00. The molecular formula is C21H26N4O4S2. The van der Waals surface area contributed by atoms with Gasteiger partial charge in [0.15, 0.2) is 0 Å². The number of imide groups is 1. The van der Waals surface area contributed by atoms with E-state index in [9.17, 15) is 18.0 Å². The van der Waals surface area contributed by atoms with E-state index < -0.39 is 27.2 Å². The number of piperidine rings is 1. The van der Waals surface area contributed by atoms with Crippen molar-refractivity contribution in [3.05, 3.63) is 54.2 Å². The van der Waals surface area contributed by atoms with E-state index in [2.05, 4.69) is 15.6 Å². The summed E-state index contributed by atoms with van der Waals surface area (Å²) in [5, 5.41) is 4.87. The zero-order chi connectivity index (χ0) is 22.3. The van der Waals surface area contributed by atoms with Crippen LogP contribution in [0.15, 0.2) is 58.6 Å². The molecule has 8 nitrogen and oxygen atoms in total. The molecule has 2 aromatic rings. The second-order valence-corrected chi connectivity index (χ2v) is 10.5. The maximum Gasteiger partial charge on any atom is 0.321 e. The van der Waals surface area contributed by atoms with Crippen molar-refractivity contribution in [3.63, 3.8) is 0 Å². The molecule has 1 saturated heterocycles. The van der Waals surface area contributed by atoms with Crippen LogP contribution in [0.4, 0.5) is 4.79 Å². The van der Waals surface area contributed by atoms with Crippen molar-refractivity contribution >= 4 is 33.7 Å². The molecule has 2 heterocycles. The fourth-order valence-electron chi connectivity index (χ4n) is 3.11. The molecule has 0 aliphatic carbocycles. The van der Waals surface area contributed by atoms with E-state index in [1.807, 2.05) is 30.3 Å². The molecule has 1 unspecified atom stereocenters. The molecule has 3 amide bonds. The lowest BCUT2D eigenvalue weighted by Gasteiger charge is -2.25. The van der Waals surface area contributed by atoms with Crippen molar-refractivity contribution in [3.8, 4) is 0 Å². The normalized spacial score (nSPS) is 15.8. The quantitative estimate of drug-likeness (QED) is 0.613. The molecule has 1 aromatic heterocycles. The lowest BCUT2D eigenvalue weighted by Crippen LogP contribution is -2.42. The van der Waals surface area contributed by atoms with E-state index in [1.54, 1.807) is 13.0 Å². The first-order valence-corrected chi connectivity index (χ1v) is 12.4. The van der Waals surface area contributed by atoms with Gasteiger partial charge in [-0.15, -0.1) is 0 Å². The number of amides is 3. The Morgan fingerprint density at radius 3 is 2.45 bits per heavy atom. The highest BCUT2D eigenvalue weighted by atomic mass is 32.2. The third kappa shape index (κ3) is 6.52. The van der Waals surface area contributed by atoms with Crippen LogP contribution in [0.25, 0.3) is 0 Å². The zero-order valence-corrected chi connectivity index (χ0v) is 18.9. The Labute approximate surface area is 186 Å². The highest BCUT2D eigenvalue weighted by Gasteiger charge is 2.26. The average molecular weight is 463 g/mol. The lowest BCUT2D eigenvalue weighted by molar-refractivity contribution is -0.119. The van der Waals surface area contributed by atoms with Gasteiger partial charge in [0, 0.05) is 25.8 Å². The molecule has 3 rings (SSSR count). The third-order valence-electron chi connectivity index (χ3n) is 4.86. The predicted molar refractivity (Wildman–Crippen MR) is 119 cm³/mol. The van der Waals surface area contributed by atoms with Crippen LogP contribution in [0.3, 0.4) is 0 Å². The fraction of sp³-hybridized carbons (Fsp3) is 0.381. The number of sulfonamides is 1. The number of nitrogens with one attached hydrogen (secondary N) is 2. The summed E-state index contributed by atoms with van der Waals surface area (Å²) in [5.41, 5.74) is 0.927. The van der Waals surface area contributed by atoms with Gasteiger partial charge in [-0.1, -0.05) is 48.5 Å². The molecule has 1 fully saturated rings. The molecule has 0 saturated carbocycles. The Kier molecular flexibility index (Phi) is 8.05. The minimum Gasteiger partial charge on any atom is -0.334 e. The summed E-state index contributed by atoms with van der Waals surface area (Å²) in [6.45, 7) is 3.03. The molecule has 1 aliphatic heterocycles. The summed E-state index contributed by atoms with van der Waals surface area (Å²) in [6.07, 6.45) is 4.10. The molecule has 1 aliphatic rings. The first-order chi connectivity index (χ1) is 14.9. The molecule has 1 atom stereocenters. The van der Waals surface area contributed by atoms with Gasteiger partial charge in [-0.25, -0.2) is 18.2 Å². The van der Waals surface area contributed by atoms with Crippen molar-refractivity contribution in [2.24, 2.45) is 0 Å². The minimum atomic E-state index is -3.54. The van der Waals surface area contributed by atoms with Crippen LogP contribution < -0.4 is 10.6 Å². The molecule has 10 heteroatoms. The Bertz CT molecular complexity index is 992. The van der Waals surface area contributed by atoms with Gasteiger partial charge >= 0.3 is 6.03 Å². The van der Waals surface area contributed by atoms with Crippen LogP contribution in [0, 0.1) is 0 Å². The van der Waals surface area contributed by atoms with Gasteiger partial charge in [0.2, 0.25) is 15.9 Å². The number of thioether (sulfide) groups is 1. The molecule has 1 aromatic carbocycles. The smallest absolute Gasteiger partial charge is 0.321 e. The number of pyridine rings is 1. The number of hydrogen-bond donors (Lipinski definition) is 2. The number of rotatable bonds is 7. The van der Waals surface area contributed by atoms with Gasteiger partial charge in [0.05, 0.1) is 10.3 Å². The van der Waals surface area contributed by atoms with Crippen LogP contribution in [0.5, 0.6) is 0 Å². The number of nitrogens with zero attached hydrogens (tertiary/aromatic N) is 2. The highest BCUT2D eigenvalue weighted by Crippen LogP contribution is 2.24. The van der Waals surface area contributed by atoms with Gasteiger partial charge in [0.1, 0.15) is 4.90 Å². The van der Waals surface area contributed by atoms with E-state index in [0.717, 1.165) is 36.6 Å². The molecule has 31 heavy (non-hydrogen) atoms. The third-order valence-corrected chi connectivity index (χ3v) is 7.79. The van der Waals surface area contributed by atoms with Gasteiger partial charge in [-0.2, -0.15) is 4.31 Å². The Balaban J connectivity index is 1.50. The monoisotopic (exact) mass is 462 g/mol. The average Bonchev–Trinajstić information content (AvgIpc) is 2.79. The van der Waals surface area contributed by atoms with Crippen LogP contribution >= 0.6 is 11.8 Å². The zero-order valence-electron chi connectivity index (χ0n) is 17.3. The van der Waals surface area contributed by atoms with Crippen LogP contribution in [-0.4, -0.2) is 48.0 Å². The topological polar surface area (TPSA) is 108 Å². The summed E-state index contributed by atoms with van der Waals surface area (Å²) < 4.78 is 26.9. The fourth-order valence-corrected chi connectivity index (χ4v) is 5.37. The second kappa shape index (κ2) is 10.7. The van der Waals surface area contributed by atoms with Crippen molar-refractivity contribution in [1.82, 2.24) is 19.9 Å². The summed E-state index contributed by atoms with van der Waals surface area (Å²) in [5.74, 6) is -0.456. The van der Waals surface area contributed by atoms with Crippen molar-refractivity contribution in [1.29, 1.82) is 0 Å². The van der Waals surface area contributed by atoms with Crippen LogP contribution in [0.2, 0.25) is 0 Å². The Hall–Kier alpha value is -2.43. The van der Waals surface area contributed by atoms with E-state index in [1.165, 1.54) is 16.6 Å². The minimum absolute atomic E-state index is 0.149. The largest absolute Gasteiger partial charge is 0.334 e. The van der Waals surface area contributed by atoms with Crippen molar-refractivity contribution < 1.29 is 18.0 Å². The maximum absolute atomic E-state index is 12.7. The summed E-state index contributed by atoms with van der Waals surface area (Å²) >= 11 is 1.15. The number of carbonyl (C=O) groups excluding carboxylic acids is 2. The molecule has 2 N–H and O–H groups in total. The summed E-state index contributed by atoms with van der Waals surface area (Å²) in [4.78, 5) is 28.6. The van der Waals surface area contributed by atoms with E-state index in [4.69, 9.17) is 0 Å². The molecule has 0 radical (unpaired) electrons. The predicted octanol–water partition coefficient (Wildman–Crippen LogP) is 2.76. The number of urea groups is 1. The van der Waals surface area contributed by atoms with E-state index in [-0.39, 0.29) is 4.90 Å². The van der Waals surface area contributed by atoms with Crippen LogP contribution in [-0.2, 0) is 21.4 Å². The standard InChI is InChI=1S/C21H26N4O4S2/c1-16(20(26)24-21(27)23-14-17-8-4-2-5-9-17)30-19-11-10-18(15-22-19)31(28,29)25-12-6-3-7-13-25/h2,4-5,8-11,15-16H,3,6-7,12-14H2,1H3,(H2,23,24,26,27). The number of benzene rings is 1. The number of carbonyl (C=O) groups is 2. The Morgan fingerprint density at radius 2 is 1.81 bits per heavy atom. The van der Waals surface area contributed by atoms with Gasteiger partial charge in [-0.3, -0.25) is 10.1 Å². The molecule has 0 spiro atoms. The summed E-state index contributed by atoms with van der Waals surface area (Å²) in [6, 6.07) is 11.9.